The van der Waals surface area contributed by atoms with Crippen molar-refractivity contribution < 1.29 is 108 Å². The molecule has 8 rings (SSSR count). The van der Waals surface area contributed by atoms with E-state index >= 15 is 0 Å². The predicted molar refractivity (Wildman–Crippen MR) is 242 cm³/mol. The second-order valence-corrected chi connectivity index (χ2v) is 22.6. The van der Waals surface area contributed by atoms with Crippen LogP contribution in [0.1, 0.15) is 18.7 Å². The van der Waals surface area contributed by atoms with E-state index in [4.69, 9.17) is 58.0 Å². The van der Waals surface area contributed by atoms with Crippen LogP contribution in [0, 0.1) is 5.92 Å². The lowest BCUT2D eigenvalue weighted by Crippen LogP contribution is -2.46. The Morgan fingerprint density at radius 2 is 1.39 bits per heavy atom. The number of aromatic nitrogens is 10. The standard InChI is InChI=1S/C34H48N12O25P4/c1-43-13-46(28-20(43)29(50)42-33(36)41-28)31-23(61-3)14(7-60-2)15(66-31)8-64-73(54,55)70-75(58,59)71-74(56,57)65-10-17-24(25(62-4)32(68-17)45-12-39-19-26(35)37-11-38-27(19)45)69-72(52,53)63-9-16-21(48)22(49)30(67-16)44-6-5-18(47)40-34(44)51/h5-6,11-17,21-25,30-32,48-49H,7-10H2,1-4H3,(H9-,35,36,37,38,40,41,42,47,50,51,52,53,54,55,56,57,58,59)/p+1/t14-,15-,16-,17-,21-,22-,23-,24-,25-,30-,31-,32-/m1/s1. The van der Waals surface area contributed by atoms with Crippen LogP contribution in [-0.4, -0.2) is 170 Å². The zero-order chi connectivity index (χ0) is 54.5. The second kappa shape index (κ2) is 22.0. The van der Waals surface area contributed by atoms with Crippen molar-refractivity contribution in [2.75, 3.05) is 59.2 Å². The highest BCUT2D eigenvalue weighted by molar-refractivity contribution is 7.66. The zero-order valence-electron chi connectivity index (χ0n) is 39.1. The molecule has 0 radical (unpaired) electrons. The van der Waals surface area contributed by atoms with Gasteiger partial charge in [0.15, 0.2) is 30.2 Å². The molecule has 414 valence electrons. The summed E-state index contributed by atoms with van der Waals surface area (Å²) >= 11 is 0. The van der Waals surface area contributed by atoms with E-state index in [1.807, 2.05) is 4.98 Å². The lowest BCUT2D eigenvalue weighted by atomic mass is 9.99. The molecule has 0 spiro atoms. The molecule has 0 aromatic carbocycles. The number of fused-ring (bicyclic) bond motifs is 2. The highest BCUT2D eigenvalue weighted by Crippen LogP contribution is 2.68. The molecule has 3 saturated heterocycles. The first-order chi connectivity index (χ1) is 35.3. The molecule has 3 aliphatic heterocycles. The Hall–Kier alpha value is -4.62. The molecule has 3 fully saturated rings. The number of nitrogen functional groups attached to an aromatic ring is 2. The van der Waals surface area contributed by atoms with Gasteiger partial charge in [0, 0.05) is 39.5 Å². The van der Waals surface area contributed by atoms with E-state index < -0.39 is 141 Å². The Morgan fingerprint density at radius 3 is 2.04 bits per heavy atom. The molecule has 5 aromatic heterocycles. The summed E-state index contributed by atoms with van der Waals surface area (Å²) in [7, 11) is -18.0. The lowest BCUT2D eigenvalue weighted by Gasteiger charge is -2.26. The zero-order valence-corrected chi connectivity index (χ0v) is 42.7. The fourth-order valence-electron chi connectivity index (χ4n) is 8.54. The first-order valence-electron chi connectivity index (χ1n) is 21.5. The number of aliphatic hydroxyl groups is 2. The largest absolute Gasteiger partial charge is 0.490 e. The number of nitrogens with zero attached hydrogens (tertiary/aromatic N) is 8. The van der Waals surface area contributed by atoms with E-state index in [1.165, 1.54) is 34.2 Å². The second-order valence-electron chi connectivity index (χ2n) is 16.5. The average molecular weight is 1150 g/mol. The average Bonchev–Trinajstić information content (AvgIpc) is 4.13. The first-order valence-corrected chi connectivity index (χ1v) is 27.5. The Kier molecular flexibility index (Phi) is 16.6. The number of aliphatic hydroxyl groups excluding tert-OH is 2. The molecule has 37 nitrogen and oxygen atoms in total. The number of methoxy groups -OCH3 is 3. The molecule has 8 heterocycles. The number of aryl methyl sites for hydroxylation is 1. The van der Waals surface area contributed by atoms with Gasteiger partial charge in [-0.3, -0.25) is 51.4 Å². The number of imidazole rings is 2. The monoisotopic (exact) mass is 1150 g/mol. The van der Waals surface area contributed by atoms with Gasteiger partial charge in [0.2, 0.25) is 11.7 Å². The van der Waals surface area contributed by atoms with Crippen LogP contribution in [0.3, 0.4) is 0 Å². The lowest BCUT2D eigenvalue weighted by molar-refractivity contribution is -0.746. The molecule has 0 saturated carbocycles. The van der Waals surface area contributed by atoms with Crippen LogP contribution in [-0.2, 0) is 80.4 Å². The van der Waals surface area contributed by atoms with Gasteiger partial charge >= 0.3 is 42.6 Å². The molecule has 12 N–H and O–H groups in total. The number of phosphoric acid groups is 4. The van der Waals surface area contributed by atoms with Crippen molar-refractivity contribution in [1.82, 2.24) is 43.6 Å². The Morgan fingerprint density at radius 1 is 0.747 bits per heavy atom. The van der Waals surface area contributed by atoms with E-state index in [2.05, 4.69) is 33.5 Å². The van der Waals surface area contributed by atoms with Crippen molar-refractivity contribution >= 4 is 65.4 Å². The highest BCUT2D eigenvalue weighted by atomic mass is 31.3. The van der Waals surface area contributed by atoms with Gasteiger partial charge in [-0.05, 0) is 0 Å². The third-order valence-electron chi connectivity index (χ3n) is 11.7. The summed E-state index contributed by atoms with van der Waals surface area (Å²) in [6.45, 7) is -3.24. The molecule has 16 atom stereocenters. The Balaban J connectivity index is 0.944. The fourth-order valence-corrected chi connectivity index (χ4v) is 13.0. The number of aromatic amines is 2. The fraction of sp³-hybridized carbons (Fsp3) is 0.588. The number of phosphoric ester groups is 3. The van der Waals surface area contributed by atoms with Gasteiger partial charge in [-0.2, -0.15) is 8.62 Å². The van der Waals surface area contributed by atoms with Gasteiger partial charge in [0.1, 0.15) is 54.6 Å². The summed E-state index contributed by atoms with van der Waals surface area (Å²) in [5, 5.41) is 21.3. The molecule has 5 aromatic rings. The Bertz CT molecular complexity index is 3280. The number of nitrogens with two attached hydrogens (primary N) is 2. The molecule has 4 unspecified atom stereocenters. The Labute approximate surface area is 418 Å². The molecular weight excluding hydrogens is 1100 g/mol. The highest BCUT2D eigenvalue weighted by Gasteiger charge is 2.54. The summed E-state index contributed by atoms with van der Waals surface area (Å²) < 4.78 is 121. The van der Waals surface area contributed by atoms with E-state index in [0.29, 0.717) is 0 Å². The van der Waals surface area contributed by atoms with Crippen molar-refractivity contribution in [2.45, 2.75) is 67.5 Å². The van der Waals surface area contributed by atoms with Crippen LogP contribution >= 0.6 is 31.3 Å². The third-order valence-corrected chi connectivity index (χ3v) is 17.0. The number of anilines is 2. The number of hydrogen-bond donors (Lipinski definition) is 10. The van der Waals surface area contributed by atoms with Crippen LogP contribution in [0.5, 0.6) is 0 Å². The van der Waals surface area contributed by atoms with E-state index in [9.17, 15) is 62.4 Å². The summed E-state index contributed by atoms with van der Waals surface area (Å²) in [4.78, 5) is 99.9. The number of hydrogen-bond acceptors (Lipinski definition) is 27. The SMILES string of the molecule is COC[C@H]1[C@@H](OC)[C@H]([n+]2cn(C)c3c(=O)[nH]c(N)nc32)O[C@@H]1COP(=O)(O)OP(=O)(O)OP(=O)(O)OC[C@H]1O[C@@H](n2cnc3c(N)ncnc32)[C@H](OC)[C@@H]1OP(=O)(O)OC[C@H]1O[C@@H](n2ccc(=O)[nH]c2=O)[C@H](O)[C@@H]1O. The normalized spacial score (nSPS) is 30.4. The summed E-state index contributed by atoms with van der Waals surface area (Å²) in [5.74, 6) is -1.11. The van der Waals surface area contributed by atoms with E-state index in [1.54, 1.807) is 7.05 Å². The molecule has 0 bridgehead atoms. The van der Waals surface area contributed by atoms with Crippen molar-refractivity contribution in [3.63, 3.8) is 0 Å². The smallest absolute Gasteiger partial charge is 0.387 e. The summed E-state index contributed by atoms with van der Waals surface area (Å²) in [6, 6.07) is 0.929. The molecule has 75 heavy (non-hydrogen) atoms. The minimum absolute atomic E-state index is 0.0158. The minimum atomic E-state index is -6.16. The third kappa shape index (κ3) is 12.1. The van der Waals surface area contributed by atoms with Crippen molar-refractivity contribution in [3.05, 3.63) is 62.4 Å². The van der Waals surface area contributed by atoms with Gasteiger partial charge in [-0.15, -0.1) is 0 Å². The van der Waals surface area contributed by atoms with Crippen LogP contribution in [0.25, 0.3) is 22.3 Å². The van der Waals surface area contributed by atoms with Crippen LogP contribution in [0.2, 0.25) is 0 Å². The first kappa shape index (κ1) is 56.6. The van der Waals surface area contributed by atoms with Crippen molar-refractivity contribution in [3.8, 4) is 0 Å². The molecule has 3 aliphatic rings. The maximum Gasteiger partial charge on any atom is 0.490 e. The van der Waals surface area contributed by atoms with Crippen molar-refractivity contribution in [1.29, 1.82) is 0 Å². The van der Waals surface area contributed by atoms with Crippen LogP contribution < -0.4 is 32.8 Å². The maximum atomic E-state index is 13.6. The van der Waals surface area contributed by atoms with Crippen LogP contribution in [0.4, 0.5) is 11.8 Å². The summed E-state index contributed by atoms with van der Waals surface area (Å²) in [5.41, 5.74) is 9.57. The van der Waals surface area contributed by atoms with E-state index in [0.717, 1.165) is 36.6 Å². The molecule has 41 heteroatoms. The number of ether oxygens (including phenoxy) is 6. The maximum absolute atomic E-state index is 13.6. The number of H-pyrrole nitrogens is 2. The van der Waals surface area contributed by atoms with Gasteiger partial charge in [-0.25, -0.2) is 42.6 Å². The molecule has 0 aliphatic carbocycles. The predicted octanol–water partition coefficient (Wildman–Crippen LogP) is -3.32. The molecule has 0 amide bonds. The van der Waals surface area contributed by atoms with Gasteiger partial charge in [0.05, 0.1) is 45.9 Å². The topological polar surface area (TPSA) is 505 Å². The van der Waals surface area contributed by atoms with Gasteiger partial charge in [-0.1, -0.05) is 4.98 Å². The number of rotatable bonds is 22. The van der Waals surface area contributed by atoms with Gasteiger partial charge < -0.3 is 69.7 Å². The van der Waals surface area contributed by atoms with Crippen molar-refractivity contribution in [2.24, 2.45) is 13.0 Å². The summed E-state index contributed by atoms with van der Waals surface area (Å²) in [6.07, 6.45) is -12.2. The number of nitrogens with one attached hydrogen (secondary N) is 2. The van der Waals surface area contributed by atoms with Gasteiger partial charge in [0.25, 0.3) is 17.1 Å². The minimum Gasteiger partial charge on any atom is -0.387 e. The van der Waals surface area contributed by atoms with E-state index in [-0.39, 0.29) is 40.7 Å². The quantitative estimate of drug-likeness (QED) is 0.0239. The van der Waals surface area contributed by atoms with Crippen LogP contribution in [0.15, 0.2) is 45.6 Å². The molecular formula is C34H49N12O25P4+.